The molecule has 7 rings (SSSR count). The third-order valence-corrected chi connectivity index (χ3v) is 13.6. The van der Waals surface area contributed by atoms with Crippen molar-refractivity contribution in [2.45, 2.75) is 19.8 Å². The smallest absolute Gasteiger partial charge is 0.397 e. The van der Waals surface area contributed by atoms with E-state index in [4.69, 9.17) is 43.0 Å². The van der Waals surface area contributed by atoms with Crippen molar-refractivity contribution in [2.24, 2.45) is 9.98 Å². The normalized spacial score (nSPS) is 13.2. The molecule has 0 atom stereocenters. The molecule has 0 aliphatic carbocycles. The van der Waals surface area contributed by atoms with Crippen LogP contribution in [0.1, 0.15) is 0 Å². The van der Waals surface area contributed by atoms with Crippen molar-refractivity contribution in [3.8, 4) is 23.0 Å². The minimum absolute atomic E-state index is 0.158. The fourth-order valence-electron chi connectivity index (χ4n) is 5.59. The first-order valence-electron chi connectivity index (χ1n) is 16.4. The number of thioether (sulfide) groups is 1. The van der Waals surface area contributed by atoms with E-state index in [2.05, 4.69) is 39.8 Å². The van der Waals surface area contributed by atoms with Gasteiger partial charge in [0.15, 0.2) is 47.8 Å². The summed E-state index contributed by atoms with van der Waals surface area (Å²) in [7, 11) is -19.1. The monoisotopic (exact) mass is 992 g/mol. The van der Waals surface area contributed by atoms with Crippen molar-refractivity contribution in [3.05, 3.63) is 69.3 Å². The molecule has 8 N–H and O–H groups in total. The van der Waals surface area contributed by atoms with Gasteiger partial charge in [-0.1, -0.05) is 35.0 Å². The van der Waals surface area contributed by atoms with E-state index < -0.39 is 97.5 Å². The van der Waals surface area contributed by atoms with Crippen LogP contribution in [0.15, 0.2) is 78.4 Å². The van der Waals surface area contributed by atoms with Crippen LogP contribution in [0.25, 0.3) is 0 Å². The number of carboxylic acid groups (broad SMARTS) is 1. The van der Waals surface area contributed by atoms with Gasteiger partial charge in [0.1, 0.15) is 32.1 Å². The molecule has 0 spiro atoms. The van der Waals surface area contributed by atoms with Crippen LogP contribution in [0, 0.1) is 0 Å². The highest BCUT2D eigenvalue weighted by Crippen LogP contribution is 2.48. The Labute approximate surface area is 362 Å². The molecule has 31 heteroatoms. The third kappa shape index (κ3) is 9.31. The summed E-state index contributed by atoms with van der Waals surface area (Å²) in [5.74, 6) is -5.05. The summed E-state index contributed by atoms with van der Waals surface area (Å²) in [5.41, 5.74) is 4.78. The quantitative estimate of drug-likeness (QED) is 0.0464. The fraction of sp³-hybridized carbons (Fsp3) is 0.0968. The van der Waals surface area contributed by atoms with Gasteiger partial charge in [-0.25, -0.2) is 22.6 Å². The Hall–Kier alpha value is -5.47. The average Bonchev–Trinajstić information content (AvgIpc) is 3.16. The second-order valence-corrected chi connectivity index (χ2v) is 19.9. The van der Waals surface area contributed by atoms with Crippen LogP contribution in [-0.2, 0) is 49.5 Å². The van der Waals surface area contributed by atoms with E-state index >= 15 is 0 Å². The summed E-state index contributed by atoms with van der Waals surface area (Å²) in [4.78, 5) is 30.5. The van der Waals surface area contributed by atoms with Gasteiger partial charge >= 0.3 is 16.4 Å². The Balaban J connectivity index is 1.25. The predicted molar refractivity (Wildman–Crippen MR) is 216 cm³/mol. The fourth-order valence-corrected chi connectivity index (χ4v) is 9.67. The van der Waals surface area contributed by atoms with Gasteiger partial charge in [0.05, 0.1) is 34.4 Å². The van der Waals surface area contributed by atoms with Crippen molar-refractivity contribution < 1.29 is 70.9 Å². The number of nitrogens with one attached hydrogen (secondary N) is 2. The molecule has 326 valence electrons. The Morgan fingerprint density at radius 2 is 1.26 bits per heavy atom. The second-order valence-electron chi connectivity index (χ2n) is 12.3. The number of benzene rings is 4. The number of carboxylic acids is 1. The molecule has 5 aromatic rings. The first-order chi connectivity index (χ1) is 28.9. The molecule has 2 aliphatic rings. The molecule has 62 heavy (non-hydrogen) atoms. The minimum atomic E-state index is -5.25. The molecule has 1 aromatic heterocycles. The number of nitrogens with two attached hydrogens (primary N) is 1. The maximum absolute atomic E-state index is 13.0. The number of fused-ring (bicyclic) bond motifs is 4. The number of carbonyl (C=O) groups is 1. The summed E-state index contributed by atoms with van der Waals surface area (Å²) in [6, 6.07) is 9.58. The number of hydrogen-bond acceptors (Lipinski definition) is 21. The molecule has 0 fully saturated rings. The Bertz CT molecular complexity index is 3350. The number of aliphatic carboxylic acids is 1. The van der Waals surface area contributed by atoms with Crippen molar-refractivity contribution in [2.75, 3.05) is 34.5 Å². The molecule has 0 radical (unpaired) electrons. The van der Waals surface area contributed by atoms with E-state index in [1.54, 1.807) is 0 Å². The molecule has 4 aromatic carbocycles. The first kappa shape index (κ1) is 44.6. The lowest BCUT2D eigenvalue weighted by molar-refractivity contribution is -0.133. The molecule has 0 amide bonds. The van der Waals surface area contributed by atoms with Crippen molar-refractivity contribution in [1.82, 2.24) is 15.0 Å². The maximum atomic E-state index is 13.0. The van der Waals surface area contributed by atoms with Crippen LogP contribution in [-0.4, -0.2) is 91.5 Å². The number of sulfone groups is 1. The van der Waals surface area contributed by atoms with Gasteiger partial charge in [0, 0.05) is 5.69 Å². The first-order valence-corrected chi connectivity index (χ1v) is 24.0. The summed E-state index contributed by atoms with van der Waals surface area (Å²) >= 11 is 14.0. The number of hydrogen-bond donors (Lipinski definition) is 7. The van der Waals surface area contributed by atoms with E-state index in [0.29, 0.717) is 11.8 Å². The standard InChI is InChI=1S/C31H22Cl2N8O16S5/c32-19-22-26(20(33)21-25(19)56-23-15(36-21)6-5-14(34)27(23)60(46,47)48)57-24-16(37-22)7-8-17(28(24)61(49,50)51)38-30-39-29(40-31(41-30)58-11-18(42)43)35-12-1-3-13(4-2-12)59(44,45)10-9-55-62(52,53)54/h1-8H,9-11,34H2,(H,42,43)(H,46,47,48)(H,49,50,51)(H,52,53,54)(H2,35,38,39,40,41). The predicted octanol–water partition coefficient (Wildman–Crippen LogP) is 3.62. The Morgan fingerprint density at radius 3 is 1.79 bits per heavy atom. The number of nitrogen functional groups attached to an aromatic ring is 1. The van der Waals surface area contributed by atoms with E-state index in [-0.39, 0.29) is 71.0 Å². The Morgan fingerprint density at radius 1 is 0.726 bits per heavy atom. The minimum Gasteiger partial charge on any atom is -0.481 e. The van der Waals surface area contributed by atoms with Crippen LogP contribution in [0.4, 0.5) is 40.3 Å². The molecule has 24 nitrogen and oxygen atoms in total. The zero-order chi connectivity index (χ0) is 45.1. The van der Waals surface area contributed by atoms with Gasteiger partial charge in [-0.3, -0.25) is 18.5 Å². The van der Waals surface area contributed by atoms with E-state index in [0.717, 1.165) is 24.3 Å². The molecular formula is C31H22Cl2N8O16S5. The lowest BCUT2D eigenvalue weighted by Gasteiger charge is -2.23. The van der Waals surface area contributed by atoms with Crippen molar-refractivity contribution in [1.29, 1.82) is 0 Å². The second kappa shape index (κ2) is 16.3. The van der Waals surface area contributed by atoms with E-state index in [9.17, 15) is 52.7 Å². The van der Waals surface area contributed by atoms with Gasteiger partial charge in [-0.05, 0) is 48.5 Å². The zero-order valence-corrected chi connectivity index (χ0v) is 35.6. The van der Waals surface area contributed by atoms with E-state index in [1.807, 2.05) is 0 Å². The number of nitrogens with zero attached hydrogens (tertiary/aromatic N) is 5. The summed E-state index contributed by atoms with van der Waals surface area (Å²) < 4.78 is 142. The molecular weight excluding hydrogens is 972 g/mol. The number of halogens is 2. The highest BCUT2D eigenvalue weighted by molar-refractivity contribution is 7.99. The largest absolute Gasteiger partial charge is 0.481 e. The Kier molecular flexibility index (Phi) is 11.7. The number of anilines is 5. The lowest BCUT2D eigenvalue weighted by atomic mass is 10.2. The average molecular weight is 994 g/mol. The SMILES string of the molecule is Nc1ccc2c(c1S(=O)(=O)O)Oc1c(Cl)c3c(c(Cl)c1=N2)Oc1c(ccc(Nc2nc(Nc4ccc(S(=O)(=O)CCOS(=O)(=O)O)cc4)nc(SCC(=O)O)n2)c1S(=O)(=O)O)N=3. The highest BCUT2D eigenvalue weighted by Gasteiger charge is 2.34. The van der Waals surface area contributed by atoms with Crippen LogP contribution in [0.5, 0.6) is 23.0 Å². The van der Waals surface area contributed by atoms with Crippen molar-refractivity contribution >= 4 is 122 Å². The summed E-state index contributed by atoms with van der Waals surface area (Å²) in [6.07, 6.45) is 0. The van der Waals surface area contributed by atoms with E-state index in [1.165, 1.54) is 24.3 Å². The lowest BCUT2D eigenvalue weighted by Crippen LogP contribution is -2.23. The summed E-state index contributed by atoms with van der Waals surface area (Å²) in [6.45, 7) is -0.859. The number of rotatable bonds is 14. The van der Waals surface area contributed by atoms with Crippen molar-refractivity contribution in [3.63, 3.8) is 0 Å². The van der Waals surface area contributed by atoms with Crippen LogP contribution in [0.2, 0.25) is 10.0 Å². The molecule has 2 aliphatic heterocycles. The molecule has 0 saturated carbocycles. The van der Waals surface area contributed by atoms with Gasteiger partial charge in [-0.2, -0.15) is 40.2 Å². The van der Waals surface area contributed by atoms with Crippen LogP contribution < -0.4 is 36.6 Å². The topological polar surface area (TPSA) is 376 Å². The van der Waals surface area contributed by atoms with Gasteiger partial charge in [0.2, 0.25) is 11.9 Å². The molecule has 0 saturated heterocycles. The highest BCUT2D eigenvalue weighted by atomic mass is 35.5. The number of ether oxygens (including phenoxy) is 2. The molecule has 3 heterocycles. The van der Waals surface area contributed by atoms with Crippen LogP contribution >= 0.6 is 35.0 Å². The molecule has 0 unspecified atom stereocenters. The third-order valence-electron chi connectivity index (χ3n) is 8.09. The maximum Gasteiger partial charge on any atom is 0.397 e. The van der Waals surface area contributed by atoms with Gasteiger partial charge in [-0.15, -0.1) is 0 Å². The number of aromatic nitrogens is 3. The van der Waals surface area contributed by atoms with Crippen LogP contribution in [0.3, 0.4) is 0 Å². The van der Waals surface area contributed by atoms with Gasteiger partial charge < -0.3 is 30.9 Å². The summed E-state index contributed by atoms with van der Waals surface area (Å²) in [5, 5.41) is 13.3. The van der Waals surface area contributed by atoms with Gasteiger partial charge in [0.25, 0.3) is 20.2 Å². The molecule has 0 bridgehead atoms. The zero-order valence-electron chi connectivity index (χ0n) is 30.0.